The zero-order valence-electron chi connectivity index (χ0n) is 19.3. The van der Waals surface area contributed by atoms with Gasteiger partial charge < -0.3 is 15.8 Å². The number of nitrogens with two attached hydrogens (primary N) is 1. The van der Waals surface area contributed by atoms with Crippen LogP contribution in [0.5, 0.6) is 0 Å². The first-order chi connectivity index (χ1) is 15.9. The quantitative estimate of drug-likeness (QED) is 0.389. The van der Waals surface area contributed by atoms with Gasteiger partial charge in [-0.3, -0.25) is 9.52 Å². The lowest BCUT2D eigenvalue weighted by Gasteiger charge is -2.32. The monoisotopic (exact) mass is 501 g/mol. The van der Waals surface area contributed by atoms with Gasteiger partial charge in [0.15, 0.2) is 0 Å². The smallest absolute Gasteiger partial charge is 0.254 e. The molecule has 2 aromatic carbocycles. The maximum absolute atomic E-state index is 12.3. The molecular formula is C25H28ClN3O4S. The summed E-state index contributed by atoms with van der Waals surface area (Å²) in [6, 6.07) is 8.59. The van der Waals surface area contributed by atoms with Gasteiger partial charge in [-0.25, -0.2) is 8.42 Å². The Labute approximate surface area is 204 Å². The minimum absolute atomic E-state index is 0.0708. The van der Waals surface area contributed by atoms with Gasteiger partial charge in [0.2, 0.25) is 0 Å². The third-order valence-electron chi connectivity index (χ3n) is 6.46. The van der Waals surface area contributed by atoms with Gasteiger partial charge in [-0.1, -0.05) is 35.9 Å². The largest absolute Gasteiger partial charge is 0.390 e. The standard InChI is InChI=1S/C25H28ClN3O4S/c1-4-12-34(32,33)29-19-7-5-6-16(22(19)26)15-10-11-18(24(27)30)23-21(15)17-9-8-14(25(2,3)31)13-20(17)28-23/h4-7,10-12,14,28-29,31H,8-9,13H2,1-3H3,(H2,27,30). The number of primary amides is 1. The average Bonchev–Trinajstić information content (AvgIpc) is 3.12. The first-order valence-corrected chi connectivity index (χ1v) is 13.0. The lowest BCUT2D eigenvalue weighted by molar-refractivity contribution is 0.0107. The molecule has 1 aromatic heterocycles. The van der Waals surface area contributed by atoms with Gasteiger partial charge in [0.25, 0.3) is 15.9 Å². The van der Waals surface area contributed by atoms with Crippen molar-refractivity contribution in [2.75, 3.05) is 4.72 Å². The molecule has 0 aliphatic heterocycles. The Balaban J connectivity index is 1.92. The van der Waals surface area contributed by atoms with E-state index in [0.717, 1.165) is 34.0 Å². The van der Waals surface area contributed by atoms with Crippen LogP contribution in [0.1, 0.15) is 48.8 Å². The van der Waals surface area contributed by atoms with Gasteiger partial charge >= 0.3 is 0 Å². The summed E-state index contributed by atoms with van der Waals surface area (Å²) >= 11 is 6.70. The van der Waals surface area contributed by atoms with Gasteiger partial charge in [-0.05, 0) is 69.2 Å². The summed E-state index contributed by atoms with van der Waals surface area (Å²) in [4.78, 5) is 15.6. The number of carbonyl (C=O) groups excluding carboxylic acids is 1. The molecule has 1 amide bonds. The third kappa shape index (κ3) is 4.45. The van der Waals surface area contributed by atoms with Crippen LogP contribution in [0.3, 0.4) is 0 Å². The molecule has 9 heteroatoms. The normalized spacial score (nSPS) is 16.7. The van der Waals surface area contributed by atoms with E-state index in [2.05, 4.69) is 9.71 Å². The molecule has 1 unspecified atom stereocenters. The number of aromatic nitrogens is 1. The number of sulfonamides is 1. The van der Waals surface area contributed by atoms with Crippen molar-refractivity contribution < 1.29 is 18.3 Å². The Hall–Kier alpha value is -2.81. The number of carbonyl (C=O) groups is 1. The van der Waals surface area contributed by atoms with Crippen molar-refractivity contribution in [2.24, 2.45) is 11.7 Å². The Kier molecular flexibility index (Phi) is 6.27. The number of fused-ring (bicyclic) bond motifs is 3. The minimum Gasteiger partial charge on any atom is -0.390 e. The topological polar surface area (TPSA) is 125 Å². The second-order valence-electron chi connectivity index (χ2n) is 9.23. The van der Waals surface area contributed by atoms with Gasteiger partial charge in [0.05, 0.1) is 27.4 Å². The van der Waals surface area contributed by atoms with Crippen molar-refractivity contribution in [3.8, 4) is 11.1 Å². The van der Waals surface area contributed by atoms with Crippen molar-refractivity contribution in [3.63, 3.8) is 0 Å². The van der Waals surface area contributed by atoms with Crippen molar-refractivity contribution in [1.29, 1.82) is 0 Å². The molecule has 3 aromatic rings. The van der Waals surface area contributed by atoms with Gasteiger partial charge in [-0.15, -0.1) is 0 Å². The van der Waals surface area contributed by atoms with Crippen LogP contribution in [-0.2, 0) is 22.9 Å². The summed E-state index contributed by atoms with van der Waals surface area (Å²) in [7, 11) is -3.70. The summed E-state index contributed by atoms with van der Waals surface area (Å²) in [5.41, 5.74) is 9.53. The van der Waals surface area contributed by atoms with E-state index >= 15 is 0 Å². The fourth-order valence-electron chi connectivity index (χ4n) is 4.76. The lowest BCUT2D eigenvalue weighted by Crippen LogP contribution is -2.34. The van der Waals surface area contributed by atoms with Crippen LogP contribution >= 0.6 is 11.6 Å². The molecular weight excluding hydrogens is 474 g/mol. The number of hydrogen-bond donors (Lipinski definition) is 4. The highest BCUT2D eigenvalue weighted by atomic mass is 35.5. The number of allylic oxidation sites excluding steroid dienone is 1. The molecule has 1 aliphatic carbocycles. The molecule has 0 saturated carbocycles. The second kappa shape index (κ2) is 8.76. The lowest BCUT2D eigenvalue weighted by atomic mass is 9.77. The number of H-pyrrole nitrogens is 1. The highest BCUT2D eigenvalue weighted by Gasteiger charge is 2.33. The number of rotatable bonds is 6. The predicted molar refractivity (Wildman–Crippen MR) is 136 cm³/mol. The number of amides is 1. The van der Waals surface area contributed by atoms with Crippen LogP contribution in [0.15, 0.2) is 41.8 Å². The van der Waals surface area contributed by atoms with E-state index in [-0.39, 0.29) is 16.6 Å². The number of nitrogens with one attached hydrogen (secondary N) is 2. The van der Waals surface area contributed by atoms with Crippen LogP contribution in [0, 0.1) is 5.92 Å². The molecule has 7 nitrogen and oxygen atoms in total. The highest BCUT2D eigenvalue weighted by molar-refractivity contribution is 7.95. The maximum atomic E-state index is 12.3. The van der Waals surface area contributed by atoms with E-state index in [1.165, 1.54) is 6.08 Å². The number of halogens is 1. The van der Waals surface area contributed by atoms with E-state index in [1.807, 2.05) is 19.9 Å². The predicted octanol–water partition coefficient (Wildman–Crippen LogP) is 4.74. The van der Waals surface area contributed by atoms with Crippen LogP contribution in [0.2, 0.25) is 5.02 Å². The van der Waals surface area contributed by atoms with Crippen molar-refractivity contribution in [3.05, 3.63) is 63.7 Å². The number of aryl methyl sites for hydroxylation is 1. The number of benzene rings is 2. The van der Waals surface area contributed by atoms with E-state index in [9.17, 15) is 18.3 Å². The fraction of sp³-hybridized carbons (Fsp3) is 0.320. The Morgan fingerprint density at radius 1 is 1.26 bits per heavy atom. The summed E-state index contributed by atoms with van der Waals surface area (Å²) in [5, 5.41) is 12.7. The SMILES string of the molecule is CC=CS(=O)(=O)Nc1cccc(-c2ccc(C(N)=O)c3[nH]c4c(c23)CCC(C(C)(C)O)C4)c1Cl. The third-order valence-corrected chi connectivity index (χ3v) is 8.00. The molecule has 4 rings (SSSR count). The number of aliphatic hydroxyl groups is 1. The molecule has 0 radical (unpaired) electrons. The summed E-state index contributed by atoms with van der Waals surface area (Å²) in [6.45, 7) is 5.24. The van der Waals surface area contributed by atoms with Crippen molar-refractivity contribution in [2.45, 2.75) is 45.6 Å². The zero-order chi connectivity index (χ0) is 24.8. The summed E-state index contributed by atoms with van der Waals surface area (Å²) in [6.07, 6.45) is 3.58. The van der Waals surface area contributed by atoms with E-state index in [0.29, 0.717) is 29.5 Å². The Morgan fingerprint density at radius 2 is 2.00 bits per heavy atom. The molecule has 5 N–H and O–H groups in total. The highest BCUT2D eigenvalue weighted by Crippen LogP contribution is 2.43. The number of anilines is 1. The second-order valence-corrected chi connectivity index (χ2v) is 11.2. The van der Waals surface area contributed by atoms with Gasteiger partial charge in [0, 0.05) is 22.1 Å². The van der Waals surface area contributed by atoms with Crippen LogP contribution in [0.4, 0.5) is 5.69 Å². The molecule has 34 heavy (non-hydrogen) atoms. The summed E-state index contributed by atoms with van der Waals surface area (Å²) in [5.74, 6) is -0.477. The minimum atomic E-state index is -3.70. The average molecular weight is 502 g/mol. The van der Waals surface area contributed by atoms with E-state index in [1.54, 1.807) is 31.2 Å². The molecule has 0 fully saturated rings. The number of hydrogen-bond acceptors (Lipinski definition) is 4. The molecule has 0 saturated heterocycles. The van der Waals surface area contributed by atoms with Gasteiger partial charge in [-0.2, -0.15) is 0 Å². The van der Waals surface area contributed by atoms with Crippen molar-refractivity contribution >= 4 is 44.1 Å². The Bertz CT molecular complexity index is 1420. The van der Waals surface area contributed by atoms with Gasteiger partial charge in [0.1, 0.15) is 0 Å². The number of aromatic amines is 1. The molecule has 0 bridgehead atoms. The van der Waals surface area contributed by atoms with E-state index in [4.69, 9.17) is 17.3 Å². The summed E-state index contributed by atoms with van der Waals surface area (Å²) < 4.78 is 27.0. The van der Waals surface area contributed by atoms with Crippen molar-refractivity contribution in [1.82, 2.24) is 4.98 Å². The molecule has 180 valence electrons. The van der Waals surface area contributed by atoms with Crippen LogP contribution in [-0.4, -0.2) is 30.0 Å². The maximum Gasteiger partial charge on any atom is 0.254 e. The van der Waals surface area contributed by atoms with Crippen LogP contribution < -0.4 is 10.5 Å². The molecule has 0 spiro atoms. The molecule has 1 heterocycles. The van der Waals surface area contributed by atoms with E-state index < -0.39 is 21.5 Å². The first kappa shape index (κ1) is 24.3. The molecule has 1 atom stereocenters. The first-order valence-electron chi connectivity index (χ1n) is 11.1. The fourth-order valence-corrected chi connectivity index (χ4v) is 5.99. The zero-order valence-corrected chi connectivity index (χ0v) is 20.8. The van der Waals surface area contributed by atoms with Crippen LogP contribution in [0.25, 0.3) is 22.0 Å². The Morgan fingerprint density at radius 3 is 2.65 bits per heavy atom. The molecule has 1 aliphatic rings.